The van der Waals surface area contributed by atoms with E-state index in [0.29, 0.717) is 11.8 Å². The zero-order valence-electron chi connectivity index (χ0n) is 15.7. The second kappa shape index (κ2) is 12.6. The van der Waals surface area contributed by atoms with Gasteiger partial charge in [-0.25, -0.2) is 0 Å². The summed E-state index contributed by atoms with van der Waals surface area (Å²) in [7, 11) is 0. The molecule has 0 spiro atoms. The number of aliphatic imine (C=N–C) groups is 1. The number of hydrogen-bond acceptors (Lipinski definition) is 3. The first-order chi connectivity index (χ1) is 11.2. The number of nitrogens with one attached hydrogen (secondary N) is 2. The minimum absolute atomic E-state index is 0.611. The SMILES string of the molecule is CCNC(=NCC1CCCN(CC)C1)NCCCOCC(C)C. The van der Waals surface area contributed by atoms with Crippen LogP contribution in [0.15, 0.2) is 4.99 Å². The van der Waals surface area contributed by atoms with E-state index in [1.807, 2.05) is 0 Å². The number of ether oxygens (including phenoxy) is 1. The molecule has 0 saturated carbocycles. The van der Waals surface area contributed by atoms with Crippen LogP contribution in [0.4, 0.5) is 0 Å². The van der Waals surface area contributed by atoms with Crippen molar-refractivity contribution in [3.8, 4) is 0 Å². The summed E-state index contributed by atoms with van der Waals surface area (Å²) in [5, 5.41) is 6.76. The van der Waals surface area contributed by atoms with Gasteiger partial charge in [0.15, 0.2) is 5.96 Å². The summed E-state index contributed by atoms with van der Waals surface area (Å²) in [6, 6.07) is 0. The number of nitrogens with zero attached hydrogens (tertiary/aromatic N) is 2. The third kappa shape index (κ3) is 9.82. The van der Waals surface area contributed by atoms with Gasteiger partial charge >= 0.3 is 0 Å². The fourth-order valence-electron chi connectivity index (χ4n) is 2.85. The molecule has 0 aromatic heterocycles. The molecule has 1 unspecified atom stereocenters. The molecule has 0 aromatic rings. The molecule has 1 fully saturated rings. The van der Waals surface area contributed by atoms with Gasteiger partial charge in [-0.05, 0) is 51.1 Å². The Hall–Kier alpha value is -0.810. The normalized spacial score (nSPS) is 20.0. The van der Waals surface area contributed by atoms with Gasteiger partial charge < -0.3 is 20.3 Å². The van der Waals surface area contributed by atoms with Crippen LogP contribution in [-0.4, -0.2) is 63.3 Å². The Balaban J connectivity index is 2.24. The monoisotopic (exact) mass is 326 g/mol. The molecule has 1 heterocycles. The van der Waals surface area contributed by atoms with Crippen molar-refractivity contribution >= 4 is 5.96 Å². The second-order valence-electron chi connectivity index (χ2n) is 6.87. The van der Waals surface area contributed by atoms with E-state index in [2.05, 4.69) is 43.2 Å². The molecule has 5 heteroatoms. The van der Waals surface area contributed by atoms with Crippen LogP contribution >= 0.6 is 0 Å². The minimum Gasteiger partial charge on any atom is -0.381 e. The predicted octanol–water partition coefficient (Wildman–Crippen LogP) is 2.34. The van der Waals surface area contributed by atoms with Crippen LogP contribution in [0.5, 0.6) is 0 Å². The number of hydrogen-bond donors (Lipinski definition) is 2. The summed E-state index contributed by atoms with van der Waals surface area (Å²) in [5.74, 6) is 2.26. The molecule has 1 aliphatic heterocycles. The van der Waals surface area contributed by atoms with Gasteiger partial charge in [0.25, 0.3) is 0 Å². The maximum Gasteiger partial charge on any atom is 0.191 e. The van der Waals surface area contributed by atoms with Gasteiger partial charge in [-0.1, -0.05) is 20.8 Å². The molecule has 0 radical (unpaired) electrons. The Kier molecular flexibility index (Phi) is 11.1. The Morgan fingerprint density at radius 3 is 2.83 bits per heavy atom. The van der Waals surface area contributed by atoms with Crippen molar-refractivity contribution in [2.45, 2.75) is 47.0 Å². The van der Waals surface area contributed by atoms with Crippen molar-refractivity contribution < 1.29 is 4.74 Å². The first kappa shape index (κ1) is 20.2. The Morgan fingerprint density at radius 2 is 2.13 bits per heavy atom. The van der Waals surface area contributed by atoms with E-state index in [4.69, 9.17) is 9.73 Å². The van der Waals surface area contributed by atoms with Gasteiger partial charge in [-0.3, -0.25) is 4.99 Å². The lowest BCUT2D eigenvalue weighted by atomic mass is 9.98. The number of rotatable bonds is 10. The van der Waals surface area contributed by atoms with Crippen LogP contribution < -0.4 is 10.6 Å². The number of guanidine groups is 1. The fraction of sp³-hybridized carbons (Fsp3) is 0.944. The molecule has 0 amide bonds. The van der Waals surface area contributed by atoms with Crippen molar-refractivity contribution in [1.29, 1.82) is 0 Å². The van der Waals surface area contributed by atoms with E-state index in [-0.39, 0.29) is 0 Å². The molecule has 1 rings (SSSR count). The molecule has 2 N–H and O–H groups in total. The van der Waals surface area contributed by atoms with Crippen LogP contribution in [0.2, 0.25) is 0 Å². The van der Waals surface area contributed by atoms with Crippen LogP contribution in [0, 0.1) is 11.8 Å². The summed E-state index contributed by atoms with van der Waals surface area (Å²) in [5.41, 5.74) is 0. The number of likely N-dealkylation sites (tertiary alicyclic amines) is 1. The van der Waals surface area contributed by atoms with Crippen molar-refractivity contribution in [1.82, 2.24) is 15.5 Å². The quantitative estimate of drug-likeness (QED) is 0.367. The highest BCUT2D eigenvalue weighted by atomic mass is 16.5. The van der Waals surface area contributed by atoms with E-state index in [9.17, 15) is 0 Å². The Bertz CT molecular complexity index is 320. The van der Waals surface area contributed by atoms with Crippen molar-refractivity contribution in [2.24, 2.45) is 16.8 Å². The van der Waals surface area contributed by atoms with Crippen LogP contribution in [0.25, 0.3) is 0 Å². The lowest BCUT2D eigenvalue weighted by Crippen LogP contribution is -2.40. The van der Waals surface area contributed by atoms with Crippen molar-refractivity contribution in [3.63, 3.8) is 0 Å². The van der Waals surface area contributed by atoms with Gasteiger partial charge in [-0.2, -0.15) is 0 Å². The third-order valence-electron chi connectivity index (χ3n) is 4.11. The topological polar surface area (TPSA) is 48.9 Å². The molecule has 0 bridgehead atoms. The van der Waals surface area contributed by atoms with E-state index in [1.54, 1.807) is 0 Å². The van der Waals surface area contributed by atoms with Crippen LogP contribution in [-0.2, 0) is 4.74 Å². The average Bonchev–Trinajstić information content (AvgIpc) is 2.55. The van der Waals surface area contributed by atoms with E-state index >= 15 is 0 Å². The van der Waals surface area contributed by atoms with Gasteiger partial charge in [0, 0.05) is 39.4 Å². The third-order valence-corrected chi connectivity index (χ3v) is 4.11. The zero-order valence-corrected chi connectivity index (χ0v) is 15.7. The minimum atomic E-state index is 0.611. The molecule has 1 atom stereocenters. The molecule has 0 aliphatic carbocycles. The lowest BCUT2D eigenvalue weighted by Gasteiger charge is -2.31. The van der Waals surface area contributed by atoms with Crippen LogP contribution in [0.3, 0.4) is 0 Å². The Morgan fingerprint density at radius 1 is 1.30 bits per heavy atom. The highest BCUT2D eigenvalue weighted by Gasteiger charge is 2.18. The highest BCUT2D eigenvalue weighted by molar-refractivity contribution is 5.79. The average molecular weight is 327 g/mol. The van der Waals surface area contributed by atoms with Gasteiger partial charge in [0.1, 0.15) is 0 Å². The molecular formula is C18H38N4O. The highest BCUT2D eigenvalue weighted by Crippen LogP contribution is 2.16. The lowest BCUT2D eigenvalue weighted by molar-refractivity contribution is 0.108. The van der Waals surface area contributed by atoms with Crippen molar-refractivity contribution in [3.05, 3.63) is 0 Å². The maximum atomic E-state index is 5.61. The van der Waals surface area contributed by atoms with Gasteiger partial charge in [0.05, 0.1) is 0 Å². The predicted molar refractivity (Wildman–Crippen MR) is 99.1 cm³/mol. The van der Waals surface area contributed by atoms with E-state index < -0.39 is 0 Å². The summed E-state index contributed by atoms with van der Waals surface area (Å²) in [4.78, 5) is 7.32. The van der Waals surface area contributed by atoms with E-state index in [0.717, 1.165) is 51.8 Å². The van der Waals surface area contributed by atoms with Crippen molar-refractivity contribution in [2.75, 3.05) is 52.5 Å². The largest absolute Gasteiger partial charge is 0.381 e. The molecule has 1 aliphatic rings. The summed E-state index contributed by atoms with van der Waals surface area (Å²) < 4.78 is 5.61. The standard InChI is InChI=1S/C18H38N4O/c1-5-19-18(20-10-8-12-23-15-16(3)4)21-13-17-9-7-11-22(6-2)14-17/h16-17H,5-15H2,1-4H3,(H2,19,20,21). The van der Waals surface area contributed by atoms with Crippen LogP contribution in [0.1, 0.15) is 47.0 Å². The fourth-order valence-corrected chi connectivity index (χ4v) is 2.85. The van der Waals surface area contributed by atoms with Gasteiger partial charge in [-0.15, -0.1) is 0 Å². The Labute approximate surface area is 143 Å². The molecule has 136 valence electrons. The smallest absolute Gasteiger partial charge is 0.191 e. The second-order valence-corrected chi connectivity index (χ2v) is 6.87. The molecular weight excluding hydrogens is 288 g/mol. The number of piperidine rings is 1. The first-order valence-corrected chi connectivity index (χ1v) is 9.47. The first-order valence-electron chi connectivity index (χ1n) is 9.47. The molecule has 0 aromatic carbocycles. The summed E-state index contributed by atoms with van der Waals surface area (Å²) in [6.07, 6.45) is 3.64. The zero-order chi connectivity index (χ0) is 16.9. The van der Waals surface area contributed by atoms with E-state index in [1.165, 1.54) is 25.9 Å². The molecule has 23 heavy (non-hydrogen) atoms. The summed E-state index contributed by atoms with van der Waals surface area (Å²) >= 11 is 0. The maximum absolute atomic E-state index is 5.61. The summed E-state index contributed by atoms with van der Waals surface area (Å²) in [6.45, 7) is 16.7. The molecule has 1 saturated heterocycles. The molecule has 5 nitrogen and oxygen atoms in total. The van der Waals surface area contributed by atoms with Gasteiger partial charge in [0.2, 0.25) is 0 Å².